The summed E-state index contributed by atoms with van der Waals surface area (Å²) in [4.78, 5) is 4.19. The Labute approximate surface area is 155 Å². The van der Waals surface area contributed by atoms with Crippen molar-refractivity contribution in [2.24, 2.45) is 7.05 Å². The zero-order chi connectivity index (χ0) is 18.8. The molecule has 10 nitrogen and oxygen atoms in total. The van der Waals surface area contributed by atoms with E-state index in [1.165, 1.54) is 6.33 Å². The number of fused-ring (bicyclic) bond motifs is 1. The zero-order valence-electron chi connectivity index (χ0n) is 15.5. The first-order chi connectivity index (χ1) is 13.2. The fourth-order valence-corrected chi connectivity index (χ4v) is 2.74. The van der Waals surface area contributed by atoms with Crippen LogP contribution < -0.4 is 4.74 Å². The van der Waals surface area contributed by atoms with Crippen LogP contribution in [0.1, 0.15) is 36.9 Å². The molecule has 4 rings (SSSR count). The Morgan fingerprint density at radius 3 is 2.81 bits per heavy atom. The van der Waals surface area contributed by atoms with E-state index in [0.717, 1.165) is 30.7 Å². The lowest BCUT2D eigenvalue weighted by Crippen LogP contribution is -2.09. The molecule has 0 aromatic carbocycles. The lowest BCUT2D eigenvalue weighted by atomic mass is 10.1. The van der Waals surface area contributed by atoms with E-state index in [9.17, 15) is 0 Å². The Morgan fingerprint density at radius 1 is 1.22 bits per heavy atom. The van der Waals surface area contributed by atoms with Crippen LogP contribution in [0, 0.1) is 6.92 Å². The van der Waals surface area contributed by atoms with Gasteiger partial charge in [0.2, 0.25) is 11.7 Å². The zero-order valence-corrected chi connectivity index (χ0v) is 15.5. The molecule has 0 aliphatic carbocycles. The Hall–Kier alpha value is -3.30. The van der Waals surface area contributed by atoms with Crippen molar-refractivity contribution in [1.82, 2.24) is 39.7 Å². The van der Waals surface area contributed by atoms with Gasteiger partial charge in [-0.25, -0.2) is 4.98 Å². The number of aryl methyl sites for hydroxylation is 3. The van der Waals surface area contributed by atoms with Gasteiger partial charge < -0.3 is 9.26 Å². The van der Waals surface area contributed by atoms with Crippen LogP contribution in [0.3, 0.4) is 0 Å². The fourth-order valence-electron chi connectivity index (χ4n) is 2.74. The second-order valence-corrected chi connectivity index (χ2v) is 6.28. The summed E-state index contributed by atoms with van der Waals surface area (Å²) >= 11 is 0. The summed E-state index contributed by atoms with van der Waals surface area (Å²) in [5, 5.41) is 21.1. The first-order valence-corrected chi connectivity index (χ1v) is 8.80. The van der Waals surface area contributed by atoms with Crippen LogP contribution >= 0.6 is 0 Å². The van der Waals surface area contributed by atoms with Crippen molar-refractivity contribution in [2.75, 3.05) is 0 Å². The molecule has 0 amide bonds. The summed E-state index contributed by atoms with van der Waals surface area (Å²) in [6, 6.07) is 3.75. The molecule has 0 bridgehead atoms. The monoisotopic (exact) mass is 368 g/mol. The highest BCUT2D eigenvalue weighted by Crippen LogP contribution is 2.24. The molecule has 0 fully saturated rings. The summed E-state index contributed by atoms with van der Waals surface area (Å²) in [7, 11) is 1.82. The van der Waals surface area contributed by atoms with Crippen molar-refractivity contribution in [3.05, 3.63) is 35.6 Å². The summed E-state index contributed by atoms with van der Waals surface area (Å²) in [5.41, 5.74) is 2.21. The molecule has 10 heteroatoms. The average Bonchev–Trinajstić information content (AvgIpc) is 3.37. The minimum Gasteiger partial charge on any atom is -0.468 e. The Kier molecular flexibility index (Phi) is 4.53. The SMILES string of the molecule is CCCCc1cc2nnc(-c3cc(C)on3)n2nc1OCc1ncnn1C. The molecule has 4 heterocycles. The third kappa shape index (κ3) is 3.37. The molecule has 4 aromatic heterocycles. The maximum atomic E-state index is 5.98. The number of hydrogen-bond acceptors (Lipinski definition) is 8. The van der Waals surface area contributed by atoms with Crippen LogP contribution in [-0.2, 0) is 20.1 Å². The van der Waals surface area contributed by atoms with Crippen LogP contribution in [0.4, 0.5) is 0 Å². The van der Waals surface area contributed by atoms with E-state index in [1.807, 2.05) is 20.0 Å². The number of ether oxygens (including phenoxy) is 1. The van der Waals surface area contributed by atoms with E-state index in [1.54, 1.807) is 15.3 Å². The molecule has 0 aliphatic rings. The van der Waals surface area contributed by atoms with Crippen LogP contribution in [0.5, 0.6) is 5.88 Å². The minimum atomic E-state index is 0.272. The standard InChI is InChI=1S/C17H20N8O2/c1-4-5-6-12-8-14-20-21-16(13-7-11(2)27-23-13)25(14)22-17(12)26-9-15-18-10-19-24(15)3/h7-8,10H,4-6,9H2,1-3H3. The van der Waals surface area contributed by atoms with Gasteiger partial charge in [-0.1, -0.05) is 18.5 Å². The lowest BCUT2D eigenvalue weighted by Gasteiger charge is -2.10. The molecule has 0 saturated carbocycles. The van der Waals surface area contributed by atoms with Crippen LogP contribution in [0.2, 0.25) is 0 Å². The summed E-state index contributed by atoms with van der Waals surface area (Å²) in [6.07, 6.45) is 4.45. The van der Waals surface area contributed by atoms with Gasteiger partial charge in [0.25, 0.3) is 0 Å². The minimum absolute atomic E-state index is 0.272. The Bertz CT molecular complexity index is 1060. The Balaban J connectivity index is 1.72. The van der Waals surface area contributed by atoms with Gasteiger partial charge in [0.1, 0.15) is 18.7 Å². The second-order valence-electron chi connectivity index (χ2n) is 6.28. The molecule has 0 aliphatic heterocycles. The van der Waals surface area contributed by atoms with Crippen LogP contribution in [0.25, 0.3) is 17.2 Å². The molecular formula is C17H20N8O2. The number of rotatable bonds is 7. The predicted molar refractivity (Wildman–Crippen MR) is 95.0 cm³/mol. The van der Waals surface area contributed by atoms with Gasteiger partial charge in [-0.05, 0) is 25.8 Å². The van der Waals surface area contributed by atoms with Gasteiger partial charge in [0.05, 0.1) is 0 Å². The normalized spacial score (nSPS) is 11.4. The fraction of sp³-hybridized carbons (Fsp3) is 0.412. The summed E-state index contributed by atoms with van der Waals surface area (Å²) in [6.45, 7) is 4.24. The van der Waals surface area contributed by atoms with Gasteiger partial charge in [0.15, 0.2) is 17.2 Å². The van der Waals surface area contributed by atoms with Crippen molar-refractivity contribution in [2.45, 2.75) is 39.7 Å². The second kappa shape index (κ2) is 7.14. The van der Waals surface area contributed by atoms with Gasteiger partial charge in [-0.3, -0.25) is 4.68 Å². The molecule has 27 heavy (non-hydrogen) atoms. The molecule has 0 saturated heterocycles. The number of unbranched alkanes of at least 4 members (excludes halogenated alkanes) is 1. The first kappa shape index (κ1) is 17.1. The van der Waals surface area contributed by atoms with Crippen molar-refractivity contribution in [3.8, 4) is 17.4 Å². The average molecular weight is 368 g/mol. The van der Waals surface area contributed by atoms with Crippen molar-refractivity contribution in [1.29, 1.82) is 0 Å². The molecular weight excluding hydrogens is 348 g/mol. The van der Waals surface area contributed by atoms with E-state index in [2.05, 4.69) is 37.5 Å². The number of hydrogen-bond donors (Lipinski definition) is 0. The van der Waals surface area contributed by atoms with E-state index in [0.29, 0.717) is 28.8 Å². The summed E-state index contributed by atoms with van der Waals surface area (Å²) in [5.74, 6) is 2.45. The highest BCUT2D eigenvalue weighted by atomic mass is 16.5. The quantitative estimate of drug-likeness (QED) is 0.488. The Morgan fingerprint density at radius 2 is 2.11 bits per heavy atom. The predicted octanol–water partition coefficient (Wildman–Crippen LogP) is 2.14. The molecule has 0 spiro atoms. The maximum absolute atomic E-state index is 5.98. The first-order valence-electron chi connectivity index (χ1n) is 8.80. The molecule has 0 N–H and O–H groups in total. The third-order valence-corrected chi connectivity index (χ3v) is 4.23. The van der Waals surface area contributed by atoms with Crippen molar-refractivity contribution in [3.63, 3.8) is 0 Å². The molecule has 0 unspecified atom stereocenters. The maximum Gasteiger partial charge on any atom is 0.235 e. The van der Waals surface area contributed by atoms with Gasteiger partial charge in [-0.15, -0.1) is 15.3 Å². The summed E-state index contributed by atoms with van der Waals surface area (Å²) < 4.78 is 14.4. The van der Waals surface area contributed by atoms with E-state index >= 15 is 0 Å². The van der Waals surface area contributed by atoms with Gasteiger partial charge >= 0.3 is 0 Å². The van der Waals surface area contributed by atoms with Crippen molar-refractivity contribution >= 4 is 5.65 Å². The van der Waals surface area contributed by atoms with Crippen LogP contribution in [-0.4, -0.2) is 39.7 Å². The van der Waals surface area contributed by atoms with Crippen molar-refractivity contribution < 1.29 is 9.26 Å². The molecule has 0 radical (unpaired) electrons. The molecule has 140 valence electrons. The lowest BCUT2D eigenvalue weighted by molar-refractivity contribution is 0.271. The highest BCUT2D eigenvalue weighted by molar-refractivity contribution is 5.55. The topological polar surface area (TPSA) is 109 Å². The third-order valence-electron chi connectivity index (χ3n) is 4.23. The van der Waals surface area contributed by atoms with E-state index < -0.39 is 0 Å². The van der Waals surface area contributed by atoms with E-state index in [-0.39, 0.29) is 6.61 Å². The number of nitrogens with zero attached hydrogens (tertiary/aromatic N) is 8. The van der Waals surface area contributed by atoms with Gasteiger partial charge in [-0.2, -0.15) is 9.61 Å². The van der Waals surface area contributed by atoms with E-state index in [4.69, 9.17) is 9.26 Å². The largest absolute Gasteiger partial charge is 0.468 e. The van der Waals surface area contributed by atoms with Crippen LogP contribution in [0.15, 0.2) is 23.0 Å². The molecule has 4 aromatic rings. The molecule has 0 atom stereocenters. The smallest absolute Gasteiger partial charge is 0.235 e. The van der Waals surface area contributed by atoms with Gasteiger partial charge in [0, 0.05) is 18.7 Å². The number of aromatic nitrogens is 8. The highest BCUT2D eigenvalue weighted by Gasteiger charge is 2.17.